The number of amides is 1. The molecule has 10 nitrogen and oxygen atoms in total. The van der Waals surface area contributed by atoms with E-state index >= 15 is 0 Å². The molecule has 0 unspecified atom stereocenters. The van der Waals surface area contributed by atoms with Gasteiger partial charge in [0.15, 0.2) is 5.82 Å². The molecule has 6 N–H and O–H groups in total. The van der Waals surface area contributed by atoms with Gasteiger partial charge in [-0.15, -0.1) is 11.3 Å². The lowest BCUT2D eigenvalue weighted by atomic mass is 10.2. The van der Waals surface area contributed by atoms with E-state index in [1.807, 2.05) is 4.90 Å². The first-order valence-electron chi connectivity index (χ1n) is 10.9. The molecule has 35 heavy (non-hydrogen) atoms. The van der Waals surface area contributed by atoms with Crippen LogP contribution in [0.3, 0.4) is 0 Å². The second kappa shape index (κ2) is 11.1. The van der Waals surface area contributed by atoms with Gasteiger partial charge in [0.25, 0.3) is 5.91 Å². The van der Waals surface area contributed by atoms with E-state index in [-0.39, 0.29) is 17.7 Å². The number of nitrogens with zero attached hydrogens (tertiary/aromatic N) is 4. The number of nitrogen functional groups attached to an aromatic ring is 1. The summed E-state index contributed by atoms with van der Waals surface area (Å²) < 4.78 is 27.2. The second-order valence-corrected chi connectivity index (χ2v) is 8.69. The maximum atomic E-state index is 14.1. The largest absolute Gasteiger partial charge is 0.368 e. The van der Waals surface area contributed by atoms with Crippen LogP contribution in [0.5, 0.6) is 0 Å². The van der Waals surface area contributed by atoms with Crippen molar-refractivity contribution in [3.8, 4) is 0 Å². The van der Waals surface area contributed by atoms with E-state index in [0.29, 0.717) is 61.2 Å². The molecular weight excluding hydrogens is 476 g/mol. The van der Waals surface area contributed by atoms with Crippen LogP contribution in [-0.4, -0.2) is 66.3 Å². The third-order valence-corrected chi connectivity index (χ3v) is 6.36. The van der Waals surface area contributed by atoms with Crippen LogP contribution in [0, 0.1) is 17.0 Å². The van der Waals surface area contributed by atoms with Crippen molar-refractivity contribution in [2.24, 2.45) is 0 Å². The number of halogens is 2. The number of nitrogens with two attached hydrogens (primary N) is 1. The van der Waals surface area contributed by atoms with Gasteiger partial charge < -0.3 is 21.4 Å². The van der Waals surface area contributed by atoms with Crippen molar-refractivity contribution in [3.05, 3.63) is 57.8 Å². The highest BCUT2D eigenvalue weighted by molar-refractivity contribution is 7.12. The average Bonchev–Trinajstić information content (AvgIpc) is 3.38. The lowest BCUT2D eigenvalue weighted by Gasteiger charge is -2.36. The Bertz CT molecular complexity index is 1180. The Balaban J connectivity index is 1.31. The number of carbonyl (C=O) groups is 1. The van der Waals surface area contributed by atoms with Gasteiger partial charge in [0, 0.05) is 51.5 Å². The van der Waals surface area contributed by atoms with Crippen molar-refractivity contribution in [2.75, 3.05) is 60.6 Å². The molecule has 1 aliphatic rings. The minimum Gasteiger partial charge on any atom is -0.368 e. The summed E-state index contributed by atoms with van der Waals surface area (Å²) in [5, 5.41) is 12.8. The first kappa shape index (κ1) is 24.3. The smallest absolute Gasteiger partial charge is 0.279 e. The molecule has 1 amide bonds. The standard InChI is InChI=1S/C22H25F2N9OS/c23-14-3-4-17(16(24)12-14)33-9-7-32(8-10-33)6-5-27-19-15(13-25)20(29-22(26)28-19)30-31-21(34)18-2-1-11-35-18/h1-4,11-13,25H,5-10H2,(H,31,34)(H4,26,27,28,29,30). The third kappa shape index (κ3) is 6.00. The van der Waals surface area contributed by atoms with Crippen LogP contribution in [0.2, 0.25) is 0 Å². The molecule has 0 bridgehead atoms. The zero-order valence-electron chi connectivity index (χ0n) is 18.7. The van der Waals surface area contributed by atoms with E-state index in [1.165, 1.54) is 23.5 Å². The highest BCUT2D eigenvalue weighted by Gasteiger charge is 2.20. The highest BCUT2D eigenvalue weighted by atomic mass is 32.1. The molecule has 13 heteroatoms. The molecule has 184 valence electrons. The summed E-state index contributed by atoms with van der Waals surface area (Å²) in [5.41, 5.74) is 11.9. The molecular formula is C22H25F2N9OS. The number of aromatic nitrogens is 2. The van der Waals surface area contributed by atoms with E-state index in [0.717, 1.165) is 12.3 Å². The van der Waals surface area contributed by atoms with Crippen LogP contribution in [0.4, 0.5) is 32.1 Å². The maximum absolute atomic E-state index is 14.1. The number of hydrogen-bond acceptors (Lipinski definition) is 10. The topological polar surface area (TPSA) is 135 Å². The predicted octanol–water partition coefficient (Wildman–Crippen LogP) is 2.39. The fourth-order valence-corrected chi connectivity index (χ4v) is 4.34. The Morgan fingerprint density at radius 3 is 2.63 bits per heavy atom. The minimum absolute atomic E-state index is 0.0130. The number of thiophene rings is 1. The van der Waals surface area contributed by atoms with Crippen LogP contribution in [-0.2, 0) is 0 Å². The fourth-order valence-electron chi connectivity index (χ4n) is 3.72. The summed E-state index contributed by atoms with van der Waals surface area (Å²) in [7, 11) is 0. The van der Waals surface area contributed by atoms with Crippen LogP contribution in [0.25, 0.3) is 0 Å². The molecule has 4 rings (SSSR count). The number of benzene rings is 1. The zero-order valence-corrected chi connectivity index (χ0v) is 19.5. The van der Waals surface area contributed by atoms with E-state index in [9.17, 15) is 13.6 Å². The van der Waals surface area contributed by atoms with Crippen LogP contribution in [0.15, 0.2) is 35.7 Å². The van der Waals surface area contributed by atoms with Gasteiger partial charge in [-0.05, 0) is 23.6 Å². The van der Waals surface area contributed by atoms with E-state index in [2.05, 4.69) is 31.0 Å². The first-order valence-corrected chi connectivity index (χ1v) is 11.8. The summed E-state index contributed by atoms with van der Waals surface area (Å²) >= 11 is 1.30. The molecule has 2 aromatic heterocycles. The Morgan fingerprint density at radius 2 is 1.94 bits per heavy atom. The number of piperazine rings is 1. The summed E-state index contributed by atoms with van der Waals surface area (Å²) in [6, 6.07) is 7.09. The van der Waals surface area contributed by atoms with E-state index < -0.39 is 11.6 Å². The van der Waals surface area contributed by atoms with Crippen molar-refractivity contribution >= 4 is 46.7 Å². The molecule has 0 atom stereocenters. The molecule has 1 aromatic carbocycles. The highest BCUT2D eigenvalue weighted by Crippen LogP contribution is 2.22. The lowest BCUT2D eigenvalue weighted by Crippen LogP contribution is -2.48. The summed E-state index contributed by atoms with van der Waals surface area (Å²) in [4.78, 5) is 25.1. The van der Waals surface area contributed by atoms with Crippen LogP contribution in [0.1, 0.15) is 15.2 Å². The van der Waals surface area contributed by atoms with Gasteiger partial charge >= 0.3 is 0 Å². The number of rotatable bonds is 9. The monoisotopic (exact) mass is 501 g/mol. The zero-order chi connectivity index (χ0) is 24.8. The summed E-state index contributed by atoms with van der Waals surface area (Å²) in [6.45, 7) is 3.86. The molecule has 0 radical (unpaired) electrons. The van der Waals surface area contributed by atoms with Gasteiger partial charge in [-0.2, -0.15) is 9.97 Å². The molecule has 0 saturated carbocycles. The molecule has 3 aromatic rings. The average molecular weight is 502 g/mol. The molecule has 1 aliphatic heterocycles. The molecule has 1 fully saturated rings. The second-order valence-electron chi connectivity index (χ2n) is 7.74. The number of hydrazine groups is 1. The lowest BCUT2D eigenvalue weighted by molar-refractivity contribution is 0.0966. The molecule has 0 aliphatic carbocycles. The van der Waals surface area contributed by atoms with Gasteiger partial charge in [0.2, 0.25) is 5.95 Å². The Hall–Kier alpha value is -3.84. The van der Waals surface area contributed by atoms with Crippen molar-refractivity contribution in [2.45, 2.75) is 0 Å². The third-order valence-electron chi connectivity index (χ3n) is 5.49. The number of carbonyl (C=O) groups excluding carboxylic acids is 1. The summed E-state index contributed by atoms with van der Waals surface area (Å²) in [6.07, 6.45) is 1.08. The molecule has 0 spiro atoms. The number of nitrogens with one attached hydrogen (secondary N) is 4. The first-order chi connectivity index (χ1) is 16.9. The van der Waals surface area contributed by atoms with Gasteiger partial charge in [0.05, 0.1) is 16.1 Å². The predicted molar refractivity (Wildman–Crippen MR) is 133 cm³/mol. The van der Waals surface area contributed by atoms with Gasteiger partial charge in [-0.25, -0.2) is 8.78 Å². The minimum atomic E-state index is -0.589. The van der Waals surface area contributed by atoms with Crippen molar-refractivity contribution in [3.63, 3.8) is 0 Å². The van der Waals surface area contributed by atoms with E-state index in [4.69, 9.17) is 11.1 Å². The van der Waals surface area contributed by atoms with Crippen molar-refractivity contribution in [1.82, 2.24) is 20.3 Å². The Labute approximate surface area is 204 Å². The van der Waals surface area contributed by atoms with Gasteiger partial charge in [0.1, 0.15) is 17.5 Å². The number of hydrogen-bond donors (Lipinski definition) is 5. The maximum Gasteiger partial charge on any atom is 0.279 e. The SMILES string of the molecule is N=Cc1c(NCCN2CCN(c3ccc(F)cc3F)CC2)nc(N)nc1NNC(=O)c1cccs1. The molecule has 3 heterocycles. The fraction of sp³-hybridized carbons (Fsp3) is 0.273. The summed E-state index contributed by atoms with van der Waals surface area (Å²) in [5.74, 6) is -0.920. The van der Waals surface area contributed by atoms with E-state index in [1.54, 1.807) is 17.5 Å². The van der Waals surface area contributed by atoms with Crippen LogP contribution < -0.4 is 26.8 Å². The van der Waals surface area contributed by atoms with Crippen molar-refractivity contribution in [1.29, 1.82) is 5.41 Å². The van der Waals surface area contributed by atoms with Gasteiger partial charge in [-0.1, -0.05) is 6.07 Å². The van der Waals surface area contributed by atoms with Crippen molar-refractivity contribution < 1.29 is 13.6 Å². The molecule has 1 saturated heterocycles. The Kier molecular flexibility index (Phi) is 7.67. The van der Waals surface area contributed by atoms with Crippen LogP contribution >= 0.6 is 11.3 Å². The Morgan fingerprint density at radius 1 is 1.17 bits per heavy atom. The van der Waals surface area contributed by atoms with Gasteiger partial charge in [-0.3, -0.25) is 20.5 Å². The quantitative estimate of drug-likeness (QED) is 0.223. The number of anilines is 4. The normalized spacial score (nSPS) is 13.9.